The van der Waals surface area contributed by atoms with Gasteiger partial charge < -0.3 is 25.0 Å². The number of alkyl carbamates (subject to hydrolysis) is 1. The summed E-state index contributed by atoms with van der Waals surface area (Å²) in [5, 5.41) is 5.29. The first kappa shape index (κ1) is 30.3. The highest BCUT2D eigenvalue weighted by atomic mass is 16.6. The molecule has 0 aliphatic heterocycles. The second-order valence-corrected chi connectivity index (χ2v) is 10.1. The molecular weight excluding hydrogens is 486 g/mol. The van der Waals surface area contributed by atoms with Crippen molar-refractivity contribution in [1.29, 1.82) is 0 Å². The first-order valence-corrected chi connectivity index (χ1v) is 12.6. The first-order chi connectivity index (χ1) is 17.9. The molecule has 0 aliphatic carbocycles. The van der Waals surface area contributed by atoms with Gasteiger partial charge in [0.2, 0.25) is 11.8 Å². The van der Waals surface area contributed by atoms with Gasteiger partial charge in [-0.05, 0) is 58.2 Å². The molecule has 38 heavy (non-hydrogen) atoms. The van der Waals surface area contributed by atoms with Crippen molar-refractivity contribution in [3.8, 4) is 0 Å². The Bertz CT molecular complexity index is 1130. The molecule has 206 valence electrons. The zero-order chi connectivity index (χ0) is 28.5. The second-order valence-electron chi connectivity index (χ2n) is 10.1. The fourth-order valence-electron chi connectivity index (χ4n) is 4.08. The Hall–Kier alpha value is -3.88. The molecule has 0 radical (unpaired) electrons. The van der Waals surface area contributed by atoms with Gasteiger partial charge in [0.15, 0.2) is 0 Å². The smallest absolute Gasteiger partial charge is 0.408 e. The Balaban J connectivity index is 2.49. The molecule has 2 aromatic carbocycles. The number of ether oxygens (including phenoxy) is 2. The van der Waals surface area contributed by atoms with E-state index in [9.17, 15) is 19.2 Å². The highest BCUT2D eigenvalue weighted by Gasteiger charge is 2.36. The van der Waals surface area contributed by atoms with Crippen LogP contribution in [0.3, 0.4) is 0 Å². The van der Waals surface area contributed by atoms with Crippen molar-refractivity contribution in [3.05, 3.63) is 70.8 Å². The van der Waals surface area contributed by atoms with Gasteiger partial charge in [-0.3, -0.25) is 14.4 Å². The van der Waals surface area contributed by atoms with Crippen molar-refractivity contribution in [2.75, 3.05) is 20.2 Å². The fraction of sp³-hybridized carbons (Fsp3) is 0.448. The molecule has 0 fully saturated rings. The lowest BCUT2D eigenvalue weighted by atomic mass is 9.96. The summed E-state index contributed by atoms with van der Waals surface area (Å²) in [5.41, 5.74) is 2.50. The Morgan fingerprint density at radius 1 is 1.00 bits per heavy atom. The minimum atomic E-state index is -1.04. The van der Waals surface area contributed by atoms with E-state index in [0.29, 0.717) is 5.56 Å². The third kappa shape index (κ3) is 8.90. The van der Waals surface area contributed by atoms with Gasteiger partial charge in [0, 0.05) is 13.0 Å². The van der Waals surface area contributed by atoms with Crippen molar-refractivity contribution in [3.63, 3.8) is 0 Å². The van der Waals surface area contributed by atoms with Gasteiger partial charge in [0.05, 0.1) is 7.11 Å². The van der Waals surface area contributed by atoms with Gasteiger partial charge in [-0.25, -0.2) is 4.79 Å². The minimum Gasteiger partial charge on any atom is -0.468 e. The van der Waals surface area contributed by atoms with Crippen molar-refractivity contribution in [2.45, 2.75) is 65.6 Å². The van der Waals surface area contributed by atoms with Crippen LogP contribution < -0.4 is 10.6 Å². The van der Waals surface area contributed by atoms with Gasteiger partial charge in [-0.2, -0.15) is 0 Å². The second kappa shape index (κ2) is 13.6. The van der Waals surface area contributed by atoms with Crippen LogP contribution in [-0.2, 0) is 30.3 Å². The van der Waals surface area contributed by atoms with E-state index >= 15 is 0 Å². The number of benzene rings is 2. The number of esters is 1. The third-order valence-corrected chi connectivity index (χ3v) is 5.81. The van der Waals surface area contributed by atoms with E-state index in [1.807, 2.05) is 56.3 Å². The average Bonchev–Trinajstić information content (AvgIpc) is 2.85. The number of methoxy groups -OCH3 is 1. The lowest BCUT2D eigenvalue weighted by molar-refractivity contribution is -0.144. The predicted molar refractivity (Wildman–Crippen MR) is 144 cm³/mol. The summed E-state index contributed by atoms with van der Waals surface area (Å²) in [6.07, 6.45) is -0.542. The summed E-state index contributed by atoms with van der Waals surface area (Å²) in [4.78, 5) is 53.4. The third-order valence-electron chi connectivity index (χ3n) is 5.81. The van der Waals surface area contributed by atoms with Crippen LogP contribution in [0.25, 0.3) is 0 Å². The molecule has 0 saturated carbocycles. The van der Waals surface area contributed by atoms with E-state index in [-0.39, 0.29) is 19.5 Å². The maximum Gasteiger partial charge on any atom is 0.408 e. The number of aryl methyl sites for hydroxylation is 2. The molecule has 0 spiro atoms. The quantitative estimate of drug-likeness (QED) is 0.458. The molecule has 2 atom stereocenters. The zero-order valence-electron chi connectivity index (χ0n) is 23.3. The van der Waals surface area contributed by atoms with Crippen LogP contribution in [0.2, 0.25) is 0 Å². The normalized spacial score (nSPS) is 12.6. The summed E-state index contributed by atoms with van der Waals surface area (Å²) < 4.78 is 10.1. The van der Waals surface area contributed by atoms with Gasteiger partial charge in [-0.1, -0.05) is 54.1 Å². The van der Waals surface area contributed by atoms with Crippen LogP contribution in [0.1, 0.15) is 56.0 Å². The molecule has 0 saturated heterocycles. The SMILES string of the molecule is CCN(C(=O)C(Cc1ccccc1)NC(=O)OC(C)(C)C)C(C(=O)NCC(=O)OC)c1ccc(C)cc1C. The number of likely N-dealkylation sites (N-methyl/N-ethyl adjacent to an activating group) is 1. The van der Waals surface area contributed by atoms with Gasteiger partial charge in [-0.15, -0.1) is 0 Å². The van der Waals surface area contributed by atoms with Crippen LogP contribution in [0.5, 0.6) is 0 Å². The standard InChI is InChI=1S/C29H39N3O6/c1-8-32(25(26(34)30-18-24(33)37-7)22-15-14-19(2)16-20(22)3)27(35)23(17-21-12-10-9-11-13-21)31-28(36)38-29(4,5)6/h9-16,23,25H,8,17-18H2,1-7H3,(H,30,34)(H,31,36). The number of amides is 3. The zero-order valence-corrected chi connectivity index (χ0v) is 23.3. The topological polar surface area (TPSA) is 114 Å². The summed E-state index contributed by atoms with van der Waals surface area (Å²) in [6, 6.07) is 12.8. The maximum absolute atomic E-state index is 14.1. The Labute approximate surface area is 224 Å². The van der Waals surface area contributed by atoms with Crippen LogP contribution >= 0.6 is 0 Å². The lowest BCUT2D eigenvalue weighted by Gasteiger charge is -2.34. The number of nitrogens with zero attached hydrogens (tertiary/aromatic N) is 1. The van der Waals surface area contributed by atoms with Gasteiger partial charge >= 0.3 is 12.1 Å². The monoisotopic (exact) mass is 525 g/mol. The molecular formula is C29H39N3O6. The molecule has 0 aromatic heterocycles. The molecule has 3 amide bonds. The van der Waals surface area contributed by atoms with Crippen molar-refractivity contribution in [1.82, 2.24) is 15.5 Å². The molecule has 0 aliphatic rings. The van der Waals surface area contributed by atoms with E-state index in [0.717, 1.165) is 16.7 Å². The molecule has 2 rings (SSSR count). The highest BCUT2D eigenvalue weighted by Crippen LogP contribution is 2.26. The first-order valence-electron chi connectivity index (χ1n) is 12.6. The van der Waals surface area contributed by atoms with Gasteiger partial charge in [0.1, 0.15) is 24.2 Å². The van der Waals surface area contributed by atoms with E-state index in [4.69, 9.17) is 4.74 Å². The lowest BCUT2D eigenvalue weighted by Crippen LogP contribution is -2.54. The Morgan fingerprint density at radius 2 is 1.66 bits per heavy atom. The number of rotatable bonds is 10. The number of carbonyl (C=O) groups excluding carboxylic acids is 4. The van der Waals surface area contributed by atoms with Crippen LogP contribution in [0, 0.1) is 13.8 Å². The van der Waals surface area contributed by atoms with E-state index in [2.05, 4.69) is 15.4 Å². The van der Waals surface area contributed by atoms with E-state index in [1.165, 1.54) is 12.0 Å². The highest BCUT2D eigenvalue weighted by molar-refractivity contribution is 5.93. The summed E-state index contributed by atoms with van der Waals surface area (Å²) in [6.45, 7) is 10.6. The molecule has 0 bridgehead atoms. The van der Waals surface area contributed by atoms with Crippen LogP contribution in [0.15, 0.2) is 48.5 Å². The number of nitrogens with one attached hydrogen (secondary N) is 2. The summed E-state index contributed by atoms with van der Waals surface area (Å²) in [5.74, 6) is -1.60. The molecule has 2 aromatic rings. The summed E-state index contributed by atoms with van der Waals surface area (Å²) in [7, 11) is 1.23. The number of carbonyl (C=O) groups is 4. The molecule has 2 unspecified atom stereocenters. The van der Waals surface area contributed by atoms with Crippen molar-refractivity contribution >= 4 is 23.9 Å². The average molecular weight is 526 g/mol. The van der Waals surface area contributed by atoms with Crippen LogP contribution in [0.4, 0.5) is 4.79 Å². The Kier molecular flexibility index (Phi) is 10.9. The van der Waals surface area contributed by atoms with E-state index in [1.54, 1.807) is 33.8 Å². The van der Waals surface area contributed by atoms with Crippen molar-refractivity contribution in [2.24, 2.45) is 0 Å². The molecule has 9 heteroatoms. The van der Waals surface area contributed by atoms with Gasteiger partial charge in [0.25, 0.3) is 0 Å². The fourth-order valence-corrected chi connectivity index (χ4v) is 4.08. The number of hydrogen-bond donors (Lipinski definition) is 2. The summed E-state index contributed by atoms with van der Waals surface area (Å²) >= 11 is 0. The number of hydrogen-bond acceptors (Lipinski definition) is 6. The Morgan fingerprint density at radius 3 is 2.21 bits per heavy atom. The molecule has 0 heterocycles. The predicted octanol–water partition coefficient (Wildman–Crippen LogP) is 3.62. The minimum absolute atomic E-state index is 0.170. The largest absolute Gasteiger partial charge is 0.468 e. The van der Waals surface area contributed by atoms with Crippen molar-refractivity contribution < 1.29 is 28.7 Å². The molecule has 9 nitrogen and oxygen atoms in total. The van der Waals surface area contributed by atoms with Crippen LogP contribution in [-0.4, -0.2) is 60.6 Å². The van der Waals surface area contributed by atoms with E-state index < -0.39 is 41.6 Å². The maximum atomic E-state index is 14.1. The molecule has 2 N–H and O–H groups in total.